The van der Waals surface area contributed by atoms with Gasteiger partial charge < -0.3 is 0 Å². The molecule has 60 valence electrons. The molecule has 0 spiro atoms. The zero-order chi connectivity index (χ0) is 8.27. The molecule has 0 aliphatic carbocycles. The minimum absolute atomic E-state index is 0.0608. The van der Waals surface area contributed by atoms with Crippen LogP contribution in [0.1, 0.15) is 0 Å². The summed E-state index contributed by atoms with van der Waals surface area (Å²) >= 11 is 0. The number of nitrogens with zero attached hydrogens (tertiary/aromatic N) is 3. The van der Waals surface area contributed by atoms with E-state index in [1.54, 1.807) is 0 Å². The molecule has 0 aromatic carbocycles. The van der Waals surface area contributed by atoms with E-state index >= 15 is 0 Å². The molecule has 1 rings (SSSR count). The van der Waals surface area contributed by atoms with Crippen LogP contribution in [0.15, 0.2) is 17.6 Å². The average Bonchev–Trinajstić information content (AvgIpc) is 2.34. The predicted octanol–water partition coefficient (Wildman–Crippen LogP) is 1.55. The molecule has 0 atom stereocenters. The Morgan fingerprint density at radius 3 is 2.91 bits per heavy atom. The minimum Gasteiger partial charge on any atom is -0.265 e. The maximum absolute atomic E-state index is 11.7. The van der Waals surface area contributed by atoms with Crippen LogP contribution in [0.2, 0.25) is 0 Å². The SMILES string of the molecule is O=Nc1cnn(CC(F)F)c1. The second-order valence-electron chi connectivity index (χ2n) is 1.90. The van der Waals surface area contributed by atoms with Gasteiger partial charge in [-0.15, -0.1) is 4.91 Å². The number of halogens is 2. The molecule has 0 saturated heterocycles. The number of nitroso groups, excluding NO2 is 1. The summed E-state index contributed by atoms with van der Waals surface area (Å²) in [5, 5.41) is 5.99. The van der Waals surface area contributed by atoms with Gasteiger partial charge in [0.05, 0.1) is 12.4 Å². The Morgan fingerprint density at radius 2 is 2.45 bits per heavy atom. The third-order valence-electron chi connectivity index (χ3n) is 1.05. The Morgan fingerprint density at radius 1 is 1.73 bits per heavy atom. The summed E-state index contributed by atoms with van der Waals surface area (Å²) in [6.45, 7) is -0.504. The first kappa shape index (κ1) is 7.77. The van der Waals surface area contributed by atoms with E-state index < -0.39 is 13.0 Å². The van der Waals surface area contributed by atoms with Crippen LogP contribution >= 0.6 is 0 Å². The highest BCUT2D eigenvalue weighted by atomic mass is 19.3. The quantitative estimate of drug-likeness (QED) is 0.631. The van der Waals surface area contributed by atoms with Gasteiger partial charge in [-0.05, 0) is 5.18 Å². The maximum Gasteiger partial charge on any atom is 0.257 e. The molecule has 4 nitrogen and oxygen atoms in total. The largest absolute Gasteiger partial charge is 0.265 e. The van der Waals surface area contributed by atoms with Crippen LogP contribution in [0.5, 0.6) is 0 Å². The van der Waals surface area contributed by atoms with Crippen LogP contribution in [0.25, 0.3) is 0 Å². The lowest BCUT2D eigenvalue weighted by Gasteiger charge is -1.96. The second kappa shape index (κ2) is 3.18. The van der Waals surface area contributed by atoms with Gasteiger partial charge in [-0.3, -0.25) is 4.68 Å². The molecule has 1 heterocycles. The van der Waals surface area contributed by atoms with Crippen LogP contribution in [0.3, 0.4) is 0 Å². The fourth-order valence-corrected chi connectivity index (χ4v) is 0.641. The molecule has 6 heteroatoms. The summed E-state index contributed by atoms with van der Waals surface area (Å²) in [6.07, 6.45) is -0.163. The van der Waals surface area contributed by atoms with Crippen LogP contribution in [0, 0.1) is 4.91 Å². The van der Waals surface area contributed by atoms with Crippen LogP contribution < -0.4 is 0 Å². The molecule has 0 aliphatic heterocycles. The van der Waals surface area contributed by atoms with Gasteiger partial charge in [0.1, 0.15) is 12.2 Å². The van der Waals surface area contributed by atoms with Crippen molar-refractivity contribution >= 4 is 5.69 Å². The van der Waals surface area contributed by atoms with E-state index in [1.165, 1.54) is 6.20 Å². The lowest BCUT2D eigenvalue weighted by molar-refractivity contribution is 0.122. The molecule has 1 aromatic rings. The zero-order valence-corrected chi connectivity index (χ0v) is 5.44. The van der Waals surface area contributed by atoms with Crippen molar-refractivity contribution < 1.29 is 8.78 Å². The fourth-order valence-electron chi connectivity index (χ4n) is 0.641. The smallest absolute Gasteiger partial charge is 0.257 e. The number of hydrogen-bond donors (Lipinski definition) is 0. The molecule has 0 aliphatic rings. The maximum atomic E-state index is 11.7. The van der Waals surface area contributed by atoms with Crippen molar-refractivity contribution in [1.29, 1.82) is 0 Å². The van der Waals surface area contributed by atoms with E-state index in [0.29, 0.717) is 0 Å². The van der Waals surface area contributed by atoms with Gasteiger partial charge in [-0.2, -0.15) is 5.10 Å². The third-order valence-corrected chi connectivity index (χ3v) is 1.05. The standard InChI is InChI=1S/C5H5F2N3O/c6-5(7)3-10-2-4(9-11)1-8-10/h1-2,5H,3H2. The van der Waals surface area contributed by atoms with Gasteiger partial charge in [0, 0.05) is 0 Å². The van der Waals surface area contributed by atoms with E-state index in [2.05, 4.69) is 10.3 Å². The highest BCUT2D eigenvalue weighted by Crippen LogP contribution is 2.09. The highest BCUT2D eigenvalue weighted by Gasteiger charge is 2.04. The van der Waals surface area contributed by atoms with Crippen molar-refractivity contribution in [3.63, 3.8) is 0 Å². The molecule has 0 fully saturated rings. The first-order valence-corrected chi connectivity index (χ1v) is 2.86. The van der Waals surface area contributed by atoms with Crippen LogP contribution in [0.4, 0.5) is 14.5 Å². The highest BCUT2D eigenvalue weighted by molar-refractivity contribution is 5.29. The molecule has 0 bridgehead atoms. The minimum atomic E-state index is -2.46. The van der Waals surface area contributed by atoms with Gasteiger partial charge in [-0.1, -0.05) is 0 Å². The van der Waals surface area contributed by atoms with Crippen molar-refractivity contribution in [3.05, 3.63) is 17.3 Å². The summed E-state index contributed by atoms with van der Waals surface area (Å²) in [7, 11) is 0. The summed E-state index contributed by atoms with van der Waals surface area (Å²) in [6, 6.07) is 0. The van der Waals surface area contributed by atoms with Crippen molar-refractivity contribution in [2.75, 3.05) is 0 Å². The summed E-state index contributed by atoms with van der Waals surface area (Å²) in [5.41, 5.74) is 0.0608. The molecule has 0 radical (unpaired) electrons. The van der Waals surface area contributed by atoms with Gasteiger partial charge >= 0.3 is 0 Å². The van der Waals surface area contributed by atoms with Crippen molar-refractivity contribution in [1.82, 2.24) is 9.78 Å². The van der Waals surface area contributed by atoms with Crippen LogP contribution in [-0.4, -0.2) is 16.2 Å². The lowest BCUT2D eigenvalue weighted by atomic mass is 10.6. The molecule has 0 N–H and O–H groups in total. The van der Waals surface area contributed by atoms with Crippen molar-refractivity contribution in [3.8, 4) is 0 Å². The first-order valence-electron chi connectivity index (χ1n) is 2.86. The summed E-state index contributed by atoms with van der Waals surface area (Å²) in [4.78, 5) is 9.81. The lowest BCUT2D eigenvalue weighted by Crippen LogP contribution is -2.06. The second-order valence-corrected chi connectivity index (χ2v) is 1.90. The van der Waals surface area contributed by atoms with Crippen molar-refractivity contribution in [2.45, 2.75) is 13.0 Å². The Balaban J connectivity index is 2.65. The summed E-state index contributed by atoms with van der Waals surface area (Å²) < 4.78 is 24.3. The number of aromatic nitrogens is 2. The molecular weight excluding hydrogens is 156 g/mol. The normalized spacial score (nSPS) is 10.5. The van der Waals surface area contributed by atoms with E-state index in [0.717, 1.165) is 10.9 Å². The van der Waals surface area contributed by atoms with Gasteiger partial charge in [0.15, 0.2) is 0 Å². The molecule has 11 heavy (non-hydrogen) atoms. The molecular formula is C5H5F2N3O. The van der Waals surface area contributed by atoms with E-state index in [1.807, 2.05) is 0 Å². The predicted molar refractivity (Wildman–Crippen MR) is 33.7 cm³/mol. The molecule has 0 unspecified atom stereocenters. The molecule has 1 aromatic heterocycles. The van der Waals surface area contributed by atoms with Crippen LogP contribution in [-0.2, 0) is 6.54 Å². The molecule has 0 saturated carbocycles. The number of alkyl halides is 2. The molecule has 0 amide bonds. The average molecular weight is 161 g/mol. The number of hydrogen-bond acceptors (Lipinski definition) is 3. The van der Waals surface area contributed by atoms with Gasteiger partial charge in [0.2, 0.25) is 0 Å². The third kappa shape index (κ3) is 2.06. The van der Waals surface area contributed by atoms with Crippen molar-refractivity contribution in [2.24, 2.45) is 5.18 Å². The monoisotopic (exact) mass is 161 g/mol. The first-order chi connectivity index (χ1) is 5.22. The Bertz CT molecular complexity index is 248. The van der Waals surface area contributed by atoms with E-state index in [9.17, 15) is 13.7 Å². The topological polar surface area (TPSA) is 47.2 Å². The Kier molecular flexibility index (Phi) is 2.25. The van der Waals surface area contributed by atoms with E-state index in [-0.39, 0.29) is 5.69 Å². The van der Waals surface area contributed by atoms with Gasteiger partial charge in [-0.25, -0.2) is 8.78 Å². The summed E-state index contributed by atoms with van der Waals surface area (Å²) in [5.74, 6) is 0. The van der Waals surface area contributed by atoms with Gasteiger partial charge in [0.25, 0.3) is 6.43 Å². The number of rotatable bonds is 3. The van der Waals surface area contributed by atoms with E-state index in [4.69, 9.17) is 0 Å². The Labute approximate surface area is 60.8 Å². The fraction of sp³-hybridized carbons (Fsp3) is 0.400. The Hall–Kier alpha value is -1.33. The zero-order valence-electron chi connectivity index (χ0n) is 5.44.